The van der Waals surface area contributed by atoms with Crippen molar-refractivity contribution in [1.29, 1.82) is 0 Å². The van der Waals surface area contributed by atoms with Crippen molar-refractivity contribution in [3.8, 4) is 0 Å². The Balaban J connectivity index is 2.50. The van der Waals surface area contributed by atoms with E-state index >= 15 is 0 Å². The highest BCUT2D eigenvalue weighted by atomic mass is 79.9. The number of nitrogens with zero attached hydrogens (tertiary/aromatic N) is 1. The SMILES string of the molecule is CC(SCC(=O)N(C)Cc1ccccc1Br)C(=O)O. The molecule has 1 aromatic rings. The van der Waals surface area contributed by atoms with Crippen LogP contribution in [0.15, 0.2) is 28.7 Å². The van der Waals surface area contributed by atoms with E-state index in [0.717, 1.165) is 21.8 Å². The highest BCUT2D eigenvalue weighted by molar-refractivity contribution is 9.10. The predicted molar refractivity (Wildman–Crippen MR) is 80.2 cm³/mol. The minimum Gasteiger partial charge on any atom is -0.480 e. The number of halogens is 1. The summed E-state index contributed by atoms with van der Waals surface area (Å²) in [5.41, 5.74) is 1.02. The van der Waals surface area contributed by atoms with Crippen LogP contribution in [0.25, 0.3) is 0 Å². The average molecular weight is 346 g/mol. The van der Waals surface area contributed by atoms with Gasteiger partial charge in [-0.3, -0.25) is 9.59 Å². The Bertz CT molecular complexity index is 467. The molecule has 1 atom stereocenters. The molecule has 1 unspecified atom stereocenters. The second-order valence-electron chi connectivity index (χ2n) is 4.13. The zero-order valence-corrected chi connectivity index (χ0v) is 13.2. The van der Waals surface area contributed by atoms with Gasteiger partial charge >= 0.3 is 5.97 Å². The van der Waals surface area contributed by atoms with E-state index in [1.165, 1.54) is 0 Å². The Morgan fingerprint density at radius 3 is 2.63 bits per heavy atom. The van der Waals surface area contributed by atoms with Gasteiger partial charge in [0.15, 0.2) is 0 Å². The largest absolute Gasteiger partial charge is 0.480 e. The Labute approximate surface area is 125 Å². The van der Waals surface area contributed by atoms with E-state index < -0.39 is 11.2 Å². The summed E-state index contributed by atoms with van der Waals surface area (Å²) >= 11 is 4.57. The van der Waals surface area contributed by atoms with Crippen molar-refractivity contribution < 1.29 is 14.7 Å². The fraction of sp³-hybridized carbons (Fsp3) is 0.385. The predicted octanol–water partition coefficient (Wildman–Crippen LogP) is 2.61. The van der Waals surface area contributed by atoms with E-state index in [1.807, 2.05) is 24.3 Å². The molecule has 1 rings (SSSR count). The van der Waals surface area contributed by atoms with Crippen LogP contribution in [-0.2, 0) is 16.1 Å². The number of carboxylic acids is 1. The Morgan fingerprint density at radius 2 is 2.05 bits per heavy atom. The van der Waals surface area contributed by atoms with Crippen LogP contribution >= 0.6 is 27.7 Å². The number of aliphatic carboxylic acids is 1. The van der Waals surface area contributed by atoms with Gasteiger partial charge in [0.05, 0.1) is 11.0 Å². The molecule has 4 nitrogen and oxygen atoms in total. The number of amides is 1. The van der Waals surface area contributed by atoms with Gasteiger partial charge in [-0.25, -0.2) is 0 Å². The number of benzene rings is 1. The van der Waals surface area contributed by atoms with E-state index in [2.05, 4.69) is 15.9 Å². The van der Waals surface area contributed by atoms with Crippen LogP contribution in [0.2, 0.25) is 0 Å². The first-order chi connectivity index (χ1) is 8.91. The van der Waals surface area contributed by atoms with Gasteiger partial charge in [0.2, 0.25) is 5.91 Å². The third kappa shape index (κ3) is 5.24. The highest BCUT2D eigenvalue weighted by Gasteiger charge is 2.16. The molecule has 1 aromatic carbocycles. The molecule has 0 saturated carbocycles. The summed E-state index contributed by atoms with van der Waals surface area (Å²) in [7, 11) is 1.72. The van der Waals surface area contributed by atoms with Gasteiger partial charge in [-0.2, -0.15) is 0 Å². The summed E-state index contributed by atoms with van der Waals surface area (Å²) in [5.74, 6) is -0.797. The maximum absolute atomic E-state index is 11.9. The van der Waals surface area contributed by atoms with E-state index in [1.54, 1.807) is 18.9 Å². The summed E-state index contributed by atoms with van der Waals surface area (Å²) in [6.45, 7) is 2.08. The number of hydrogen-bond donors (Lipinski definition) is 1. The van der Waals surface area contributed by atoms with Crippen molar-refractivity contribution in [2.24, 2.45) is 0 Å². The lowest BCUT2D eigenvalue weighted by molar-refractivity contribution is -0.136. The normalized spacial score (nSPS) is 11.9. The summed E-state index contributed by atoms with van der Waals surface area (Å²) in [5, 5.41) is 8.18. The quantitative estimate of drug-likeness (QED) is 0.860. The second kappa shape index (κ2) is 7.55. The molecule has 1 N–H and O–H groups in total. The van der Waals surface area contributed by atoms with E-state index in [4.69, 9.17) is 5.11 Å². The van der Waals surface area contributed by atoms with Gasteiger partial charge in [-0.05, 0) is 18.6 Å². The molecule has 0 bridgehead atoms. The van der Waals surface area contributed by atoms with Crippen LogP contribution in [0.3, 0.4) is 0 Å². The first-order valence-electron chi connectivity index (χ1n) is 5.73. The molecular weight excluding hydrogens is 330 g/mol. The van der Waals surface area contributed by atoms with Crippen LogP contribution in [-0.4, -0.2) is 39.9 Å². The molecule has 19 heavy (non-hydrogen) atoms. The van der Waals surface area contributed by atoms with Crippen molar-refractivity contribution in [2.45, 2.75) is 18.7 Å². The standard InChI is InChI=1S/C13H16BrNO3S/c1-9(13(17)18)19-8-12(16)15(2)7-10-5-3-4-6-11(10)14/h3-6,9H,7-8H2,1-2H3,(H,17,18). The number of carboxylic acid groups (broad SMARTS) is 1. The van der Waals surface area contributed by atoms with E-state index in [0.29, 0.717) is 6.54 Å². The minimum atomic E-state index is -0.897. The van der Waals surface area contributed by atoms with Crippen molar-refractivity contribution in [2.75, 3.05) is 12.8 Å². The van der Waals surface area contributed by atoms with Crippen LogP contribution in [0, 0.1) is 0 Å². The molecule has 0 aliphatic carbocycles. The highest BCUT2D eigenvalue weighted by Crippen LogP contribution is 2.18. The zero-order chi connectivity index (χ0) is 14.4. The molecule has 0 fully saturated rings. The summed E-state index contributed by atoms with van der Waals surface area (Å²) in [6, 6.07) is 7.70. The Kier molecular flexibility index (Phi) is 6.37. The summed E-state index contributed by atoms with van der Waals surface area (Å²) in [6.07, 6.45) is 0. The third-order valence-corrected chi connectivity index (χ3v) is 4.48. The molecule has 0 aliphatic heterocycles. The van der Waals surface area contributed by atoms with Crippen LogP contribution in [0.1, 0.15) is 12.5 Å². The maximum Gasteiger partial charge on any atom is 0.316 e. The fourth-order valence-corrected chi connectivity index (χ4v) is 2.51. The molecule has 1 amide bonds. The molecule has 0 radical (unpaired) electrons. The fourth-order valence-electron chi connectivity index (χ4n) is 1.35. The van der Waals surface area contributed by atoms with Gasteiger partial charge in [0, 0.05) is 18.1 Å². The third-order valence-electron chi connectivity index (χ3n) is 2.60. The summed E-state index contributed by atoms with van der Waals surface area (Å²) in [4.78, 5) is 24.1. The Morgan fingerprint density at radius 1 is 1.42 bits per heavy atom. The van der Waals surface area contributed by atoms with Gasteiger partial charge in [0.25, 0.3) is 0 Å². The van der Waals surface area contributed by atoms with Crippen molar-refractivity contribution in [3.63, 3.8) is 0 Å². The molecule has 0 heterocycles. The maximum atomic E-state index is 11.9. The van der Waals surface area contributed by atoms with Crippen LogP contribution in [0.4, 0.5) is 0 Å². The molecule has 0 aliphatic rings. The number of carbonyl (C=O) groups is 2. The number of hydrogen-bond acceptors (Lipinski definition) is 3. The second-order valence-corrected chi connectivity index (χ2v) is 6.32. The zero-order valence-electron chi connectivity index (χ0n) is 10.8. The monoisotopic (exact) mass is 345 g/mol. The smallest absolute Gasteiger partial charge is 0.316 e. The van der Waals surface area contributed by atoms with Crippen LogP contribution < -0.4 is 0 Å². The Hall–Kier alpha value is -1.01. The lowest BCUT2D eigenvalue weighted by atomic mass is 10.2. The first-order valence-corrected chi connectivity index (χ1v) is 7.57. The van der Waals surface area contributed by atoms with Crippen molar-refractivity contribution >= 4 is 39.6 Å². The van der Waals surface area contributed by atoms with Crippen LogP contribution in [0.5, 0.6) is 0 Å². The van der Waals surface area contributed by atoms with Gasteiger partial charge in [-0.1, -0.05) is 34.1 Å². The molecule has 0 saturated heterocycles. The van der Waals surface area contributed by atoms with Crippen molar-refractivity contribution in [3.05, 3.63) is 34.3 Å². The number of rotatable bonds is 6. The molecule has 6 heteroatoms. The molecule has 0 aromatic heterocycles. The molecular formula is C13H16BrNO3S. The topological polar surface area (TPSA) is 57.6 Å². The van der Waals surface area contributed by atoms with E-state index in [-0.39, 0.29) is 11.7 Å². The van der Waals surface area contributed by atoms with Gasteiger partial charge in [-0.15, -0.1) is 11.8 Å². The molecule has 0 spiro atoms. The van der Waals surface area contributed by atoms with E-state index in [9.17, 15) is 9.59 Å². The molecule has 104 valence electrons. The number of thioether (sulfide) groups is 1. The van der Waals surface area contributed by atoms with Gasteiger partial charge < -0.3 is 10.0 Å². The van der Waals surface area contributed by atoms with Gasteiger partial charge in [0.1, 0.15) is 0 Å². The minimum absolute atomic E-state index is 0.0751. The lowest BCUT2D eigenvalue weighted by Gasteiger charge is -2.18. The number of carbonyl (C=O) groups excluding carboxylic acids is 1. The average Bonchev–Trinajstić information content (AvgIpc) is 2.37. The summed E-state index contributed by atoms with van der Waals surface area (Å²) < 4.78 is 0.959. The van der Waals surface area contributed by atoms with Crippen molar-refractivity contribution in [1.82, 2.24) is 4.90 Å². The first kappa shape index (κ1) is 16.0. The lowest BCUT2D eigenvalue weighted by Crippen LogP contribution is -2.29.